The molecular formula is C17H17ClN2O3. The summed E-state index contributed by atoms with van der Waals surface area (Å²) in [5, 5.41) is 9.34. The van der Waals surface area contributed by atoms with Gasteiger partial charge in [-0.15, -0.1) is 0 Å². The Morgan fingerprint density at radius 3 is 2.65 bits per heavy atom. The van der Waals surface area contributed by atoms with Gasteiger partial charge in [-0.1, -0.05) is 11.6 Å². The van der Waals surface area contributed by atoms with Crippen LogP contribution < -0.4 is 4.74 Å². The minimum Gasteiger partial charge on any atom is -0.495 e. The molecule has 0 aliphatic heterocycles. The Bertz CT molecular complexity index is 790. The number of rotatable bonds is 4. The van der Waals surface area contributed by atoms with Gasteiger partial charge < -0.3 is 14.0 Å². The lowest BCUT2D eigenvalue weighted by atomic mass is 10.2. The van der Waals surface area contributed by atoms with Crippen LogP contribution in [0, 0.1) is 25.2 Å². The van der Waals surface area contributed by atoms with Crippen molar-refractivity contribution < 1.29 is 14.3 Å². The fourth-order valence-corrected chi connectivity index (χ4v) is 2.59. The molecule has 0 unspecified atom stereocenters. The quantitative estimate of drug-likeness (QED) is 0.798. The predicted octanol–water partition coefficient (Wildman–Crippen LogP) is 3.83. The van der Waals surface area contributed by atoms with Crippen molar-refractivity contribution in [1.82, 2.24) is 4.57 Å². The molecule has 0 radical (unpaired) electrons. The summed E-state index contributed by atoms with van der Waals surface area (Å²) < 4.78 is 12.3. The zero-order valence-electron chi connectivity index (χ0n) is 13.4. The van der Waals surface area contributed by atoms with E-state index in [1.54, 1.807) is 38.3 Å². The van der Waals surface area contributed by atoms with Crippen LogP contribution in [0.25, 0.3) is 5.69 Å². The molecule has 0 aliphatic rings. The Kier molecular flexibility index (Phi) is 4.97. The fourth-order valence-electron chi connectivity index (χ4n) is 2.43. The molecule has 1 atom stereocenters. The number of nitriles is 1. The van der Waals surface area contributed by atoms with Gasteiger partial charge in [-0.2, -0.15) is 5.26 Å². The largest absolute Gasteiger partial charge is 0.495 e. The van der Waals surface area contributed by atoms with Gasteiger partial charge in [-0.25, -0.2) is 4.79 Å². The van der Waals surface area contributed by atoms with Crippen molar-refractivity contribution in [2.24, 2.45) is 0 Å². The molecule has 2 aromatic rings. The van der Waals surface area contributed by atoms with Gasteiger partial charge in [-0.3, -0.25) is 0 Å². The molecule has 1 heterocycles. The second-order valence-electron chi connectivity index (χ2n) is 5.11. The zero-order chi connectivity index (χ0) is 17.1. The fraction of sp³-hybridized carbons (Fsp3) is 0.294. The van der Waals surface area contributed by atoms with Gasteiger partial charge in [0.25, 0.3) is 0 Å². The average Bonchev–Trinajstić information content (AvgIpc) is 2.81. The van der Waals surface area contributed by atoms with Crippen molar-refractivity contribution in [3.63, 3.8) is 0 Å². The molecule has 0 N–H and O–H groups in total. The van der Waals surface area contributed by atoms with Crippen LogP contribution in [0.2, 0.25) is 5.02 Å². The molecule has 0 saturated carbocycles. The third kappa shape index (κ3) is 3.33. The summed E-state index contributed by atoms with van der Waals surface area (Å²) in [4.78, 5) is 12.2. The maximum absolute atomic E-state index is 12.2. The van der Waals surface area contributed by atoms with Crippen LogP contribution in [0.4, 0.5) is 0 Å². The highest BCUT2D eigenvalue weighted by Crippen LogP contribution is 2.30. The number of nitrogens with zero attached hydrogens (tertiary/aromatic N) is 2. The molecule has 5 nitrogen and oxygen atoms in total. The maximum Gasteiger partial charge on any atom is 0.341 e. The Labute approximate surface area is 140 Å². The number of aryl methyl sites for hydroxylation is 1. The Morgan fingerprint density at radius 1 is 1.35 bits per heavy atom. The van der Waals surface area contributed by atoms with Gasteiger partial charge in [0.1, 0.15) is 11.8 Å². The monoisotopic (exact) mass is 332 g/mol. The van der Waals surface area contributed by atoms with Gasteiger partial charge in [-0.05, 0) is 45.0 Å². The van der Waals surface area contributed by atoms with E-state index in [2.05, 4.69) is 0 Å². The molecule has 2 rings (SSSR count). The van der Waals surface area contributed by atoms with Crippen molar-refractivity contribution in [2.45, 2.75) is 26.9 Å². The number of carbonyl (C=O) groups is 1. The molecule has 1 aromatic carbocycles. The zero-order valence-corrected chi connectivity index (χ0v) is 14.1. The van der Waals surface area contributed by atoms with Crippen LogP contribution in [0.1, 0.15) is 28.7 Å². The average molecular weight is 333 g/mol. The van der Waals surface area contributed by atoms with Crippen molar-refractivity contribution in [3.8, 4) is 17.5 Å². The normalized spacial score (nSPS) is 11.7. The molecule has 0 bridgehead atoms. The minimum atomic E-state index is -0.800. The molecule has 120 valence electrons. The van der Waals surface area contributed by atoms with E-state index in [9.17, 15) is 4.79 Å². The Balaban J connectivity index is 2.53. The Hall–Kier alpha value is -2.45. The van der Waals surface area contributed by atoms with Crippen molar-refractivity contribution in [2.75, 3.05) is 7.11 Å². The lowest BCUT2D eigenvalue weighted by Crippen LogP contribution is -2.14. The smallest absolute Gasteiger partial charge is 0.341 e. The molecule has 0 amide bonds. The topological polar surface area (TPSA) is 64.2 Å². The molecule has 23 heavy (non-hydrogen) atoms. The van der Waals surface area contributed by atoms with Crippen LogP contribution in [0.5, 0.6) is 5.75 Å². The van der Waals surface area contributed by atoms with Crippen LogP contribution in [0.15, 0.2) is 24.3 Å². The SMILES string of the molecule is COc1ccc(Cl)cc1-n1c(C)cc(C(=O)O[C@H](C)C#N)c1C. The molecule has 0 spiro atoms. The maximum atomic E-state index is 12.2. The molecule has 0 aliphatic carbocycles. The van der Waals surface area contributed by atoms with Gasteiger partial charge in [0.15, 0.2) is 6.10 Å². The molecule has 6 heteroatoms. The molecule has 0 fully saturated rings. The number of aromatic nitrogens is 1. The highest BCUT2D eigenvalue weighted by atomic mass is 35.5. The number of hydrogen-bond acceptors (Lipinski definition) is 4. The first-order valence-corrected chi connectivity index (χ1v) is 7.40. The number of carbonyl (C=O) groups excluding carboxylic acids is 1. The van der Waals surface area contributed by atoms with Crippen molar-refractivity contribution >= 4 is 17.6 Å². The van der Waals surface area contributed by atoms with Crippen LogP contribution in [-0.2, 0) is 4.74 Å². The molecule has 1 aromatic heterocycles. The highest BCUT2D eigenvalue weighted by Gasteiger charge is 2.21. The van der Waals surface area contributed by atoms with Gasteiger partial charge >= 0.3 is 5.97 Å². The summed E-state index contributed by atoms with van der Waals surface area (Å²) in [5.74, 6) is 0.112. The Morgan fingerprint density at radius 2 is 2.04 bits per heavy atom. The van der Waals surface area contributed by atoms with Crippen LogP contribution in [0.3, 0.4) is 0 Å². The van der Waals surface area contributed by atoms with E-state index < -0.39 is 12.1 Å². The standard InChI is InChI=1S/C17H17ClN2O3/c1-10-7-14(17(21)23-11(2)9-19)12(3)20(10)15-8-13(18)5-6-16(15)22-4/h5-8,11H,1-4H3/t11-/m1/s1. The van der Waals surface area contributed by atoms with Gasteiger partial charge in [0, 0.05) is 16.4 Å². The van der Waals surface area contributed by atoms with E-state index in [4.69, 9.17) is 26.3 Å². The first-order chi connectivity index (χ1) is 10.9. The third-order valence-electron chi connectivity index (χ3n) is 3.50. The van der Waals surface area contributed by atoms with E-state index in [1.807, 2.05) is 17.6 Å². The first-order valence-electron chi connectivity index (χ1n) is 7.02. The third-order valence-corrected chi connectivity index (χ3v) is 3.73. The number of esters is 1. The van der Waals surface area contributed by atoms with Crippen molar-refractivity contribution in [1.29, 1.82) is 5.26 Å². The second-order valence-corrected chi connectivity index (χ2v) is 5.55. The number of halogens is 1. The lowest BCUT2D eigenvalue weighted by Gasteiger charge is -2.14. The van der Waals surface area contributed by atoms with Crippen LogP contribution in [-0.4, -0.2) is 23.8 Å². The summed E-state index contributed by atoms with van der Waals surface area (Å²) in [7, 11) is 1.57. The second kappa shape index (κ2) is 6.76. The summed E-state index contributed by atoms with van der Waals surface area (Å²) in [5.41, 5.74) is 2.67. The van der Waals surface area contributed by atoms with E-state index in [0.29, 0.717) is 22.0 Å². The minimum absolute atomic E-state index is 0.409. The van der Waals surface area contributed by atoms with E-state index >= 15 is 0 Å². The number of methoxy groups -OCH3 is 1. The number of hydrogen-bond donors (Lipinski definition) is 0. The first kappa shape index (κ1) is 16.9. The summed E-state index contributed by atoms with van der Waals surface area (Å²) in [6, 6.07) is 8.88. The van der Waals surface area contributed by atoms with Gasteiger partial charge in [0.05, 0.1) is 18.4 Å². The number of benzene rings is 1. The predicted molar refractivity (Wildman–Crippen MR) is 87.3 cm³/mol. The summed E-state index contributed by atoms with van der Waals surface area (Å²) >= 11 is 6.09. The van der Waals surface area contributed by atoms with Crippen molar-refractivity contribution in [3.05, 3.63) is 46.2 Å². The van der Waals surface area contributed by atoms with Crippen LogP contribution >= 0.6 is 11.6 Å². The molecule has 0 saturated heterocycles. The van der Waals surface area contributed by atoms with E-state index in [1.165, 1.54) is 6.92 Å². The summed E-state index contributed by atoms with van der Waals surface area (Å²) in [6.45, 7) is 5.20. The van der Waals surface area contributed by atoms with E-state index in [-0.39, 0.29) is 0 Å². The lowest BCUT2D eigenvalue weighted by molar-refractivity contribution is 0.0434. The summed E-state index contributed by atoms with van der Waals surface area (Å²) in [6.07, 6.45) is -0.800. The highest BCUT2D eigenvalue weighted by molar-refractivity contribution is 6.30. The van der Waals surface area contributed by atoms with Gasteiger partial charge in [0.2, 0.25) is 0 Å². The molecular weight excluding hydrogens is 316 g/mol. The number of ether oxygens (including phenoxy) is 2. The van der Waals surface area contributed by atoms with E-state index in [0.717, 1.165) is 11.4 Å².